The van der Waals surface area contributed by atoms with Gasteiger partial charge in [-0.2, -0.15) is 17.5 Å². The topological polar surface area (TPSA) is 84.3 Å². The highest BCUT2D eigenvalue weighted by atomic mass is 35.5. The first-order valence-corrected chi connectivity index (χ1v) is 12.0. The molecule has 34 heavy (non-hydrogen) atoms. The lowest BCUT2D eigenvalue weighted by atomic mass is 9.94. The first-order valence-electron chi connectivity index (χ1n) is 10.2. The van der Waals surface area contributed by atoms with Crippen molar-refractivity contribution < 1.29 is 26.4 Å². The molecule has 1 fully saturated rings. The van der Waals surface area contributed by atoms with E-state index in [1.807, 2.05) is 18.2 Å². The van der Waals surface area contributed by atoms with E-state index in [-0.39, 0.29) is 29.6 Å². The molecule has 0 saturated carbocycles. The van der Waals surface area contributed by atoms with Gasteiger partial charge in [0, 0.05) is 37.8 Å². The lowest BCUT2D eigenvalue weighted by Gasteiger charge is -2.20. The van der Waals surface area contributed by atoms with Crippen LogP contribution in [0.2, 0.25) is 5.02 Å². The molecule has 0 unspecified atom stereocenters. The third kappa shape index (κ3) is 4.82. The summed E-state index contributed by atoms with van der Waals surface area (Å²) in [5, 5.41) is 2.08. The predicted octanol–water partition coefficient (Wildman–Crippen LogP) is 3.68. The average Bonchev–Trinajstić information content (AvgIpc) is 3.40. The molecule has 1 aliphatic rings. The minimum absolute atomic E-state index is 0.0292. The highest BCUT2D eigenvalue weighted by Gasteiger charge is 2.42. The quantitative estimate of drug-likeness (QED) is 0.565. The number of nitrogens with one attached hydrogen (secondary N) is 1. The van der Waals surface area contributed by atoms with Gasteiger partial charge in [0.05, 0.1) is 23.0 Å². The molecule has 0 spiro atoms. The summed E-state index contributed by atoms with van der Waals surface area (Å²) >= 11 is 5.76. The fourth-order valence-corrected chi connectivity index (χ4v) is 5.69. The Morgan fingerprint density at radius 2 is 1.85 bits per heavy atom. The van der Waals surface area contributed by atoms with Crippen molar-refractivity contribution in [2.45, 2.75) is 23.2 Å². The third-order valence-corrected chi connectivity index (χ3v) is 7.68. The summed E-state index contributed by atoms with van der Waals surface area (Å²) < 4.78 is 68.0. The van der Waals surface area contributed by atoms with E-state index in [1.54, 1.807) is 19.2 Å². The fourth-order valence-electron chi connectivity index (χ4n) is 3.94. The molecular weight excluding hydrogens is 493 g/mol. The fraction of sp³-hybridized carbons (Fsp3) is 0.273. The maximum atomic E-state index is 13.1. The van der Waals surface area contributed by atoms with Crippen LogP contribution in [0.3, 0.4) is 0 Å². The summed E-state index contributed by atoms with van der Waals surface area (Å²) in [5.41, 5.74) is -0.283. The molecule has 1 aliphatic heterocycles. The van der Waals surface area contributed by atoms with Crippen molar-refractivity contribution >= 4 is 27.5 Å². The van der Waals surface area contributed by atoms with E-state index in [2.05, 4.69) is 10.3 Å². The van der Waals surface area contributed by atoms with E-state index in [1.165, 1.54) is 21.4 Å². The lowest BCUT2D eigenvalue weighted by Crippen LogP contribution is -2.40. The van der Waals surface area contributed by atoms with Crippen LogP contribution in [0, 0.1) is 0 Å². The van der Waals surface area contributed by atoms with Crippen molar-refractivity contribution in [2.24, 2.45) is 7.05 Å². The van der Waals surface area contributed by atoms with E-state index < -0.39 is 38.7 Å². The van der Waals surface area contributed by atoms with E-state index >= 15 is 0 Å². The van der Waals surface area contributed by atoms with Crippen LogP contribution in [0.15, 0.2) is 66.1 Å². The minimum Gasteiger partial charge on any atom is -0.347 e. The van der Waals surface area contributed by atoms with Crippen LogP contribution < -0.4 is 5.32 Å². The smallest absolute Gasteiger partial charge is 0.347 e. The van der Waals surface area contributed by atoms with Crippen LogP contribution in [0.1, 0.15) is 27.4 Å². The van der Waals surface area contributed by atoms with Crippen LogP contribution in [0.25, 0.3) is 0 Å². The molecule has 0 bridgehead atoms. The van der Waals surface area contributed by atoms with E-state index in [0.717, 1.165) is 23.8 Å². The molecule has 180 valence electrons. The Labute approximate surface area is 199 Å². The second-order valence-electron chi connectivity index (χ2n) is 7.99. The zero-order valence-electron chi connectivity index (χ0n) is 17.8. The van der Waals surface area contributed by atoms with Crippen LogP contribution >= 0.6 is 11.6 Å². The molecule has 0 radical (unpaired) electrons. The Morgan fingerprint density at radius 1 is 1.15 bits per heavy atom. The average molecular weight is 513 g/mol. The van der Waals surface area contributed by atoms with Crippen molar-refractivity contribution in [1.29, 1.82) is 0 Å². The standard InChI is InChI=1S/C22H20ClF3N4O3S/c1-29-12-20(27-13-29)34(32,33)30-10-16(14-5-3-2-4-6-14)19(11-30)28-21(31)15-7-8-17(18(23)9-15)22(24,25)26/h2-9,12-13,16,19H,10-11H2,1H3,(H,28,31)/t16-,19+/m1/s1. The summed E-state index contributed by atoms with van der Waals surface area (Å²) in [6.07, 6.45) is -1.87. The molecular formula is C22H20ClF3N4O3S. The Kier molecular flexibility index (Phi) is 6.45. The zero-order chi connectivity index (χ0) is 24.7. The number of amides is 1. The van der Waals surface area contributed by atoms with Gasteiger partial charge >= 0.3 is 6.18 Å². The second-order valence-corrected chi connectivity index (χ2v) is 10.3. The van der Waals surface area contributed by atoms with Gasteiger partial charge in [-0.05, 0) is 23.8 Å². The summed E-state index contributed by atoms with van der Waals surface area (Å²) in [5.74, 6) is -1.04. The van der Waals surface area contributed by atoms with Gasteiger partial charge in [0.1, 0.15) is 0 Å². The van der Waals surface area contributed by atoms with Crippen molar-refractivity contribution in [3.05, 3.63) is 82.8 Å². The number of hydrogen-bond donors (Lipinski definition) is 1. The number of aryl methyl sites for hydroxylation is 1. The van der Waals surface area contributed by atoms with Crippen molar-refractivity contribution in [2.75, 3.05) is 13.1 Å². The molecule has 7 nitrogen and oxygen atoms in total. The van der Waals surface area contributed by atoms with Crippen molar-refractivity contribution in [1.82, 2.24) is 19.2 Å². The van der Waals surface area contributed by atoms with Gasteiger partial charge in [-0.1, -0.05) is 41.9 Å². The molecule has 1 N–H and O–H groups in total. The van der Waals surface area contributed by atoms with Gasteiger partial charge in [-0.3, -0.25) is 4.79 Å². The van der Waals surface area contributed by atoms with Gasteiger partial charge in [-0.15, -0.1) is 0 Å². The normalized spacial score (nSPS) is 19.3. The SMILES string of the molecule is Cn1cnc(S(=O)(=O)N2C[C@H](NC(=O)c3ccc(C(F)(F)F)c(Cl)c3)[C@@H](c3ccccc3)C2)c1. The van der Waals surface area contributed by atoms with Crippen LogP contribution in [0.4, 0.5) is 13.2 Å². The summed E-state index contributed by atoms with van der Waals surface area (Å²) in [7, 11) is -2.26. The number of rotatable bonds is 5. The van der Waals surface area contributed by atoms with E-state index in [4.69, 9.17) is 11.6 Å². The Hall–Kier alpha value is -2.89. The number of halogens is 4. The van der Waals surface area contributed by atoms with Gasteiger partial charge in [0.15, 0.2) is 5.03 Å². The number of alkyl halides is 3. The number of imidazole rings is 1. The van der Waals surface area contributed by atoms with Crippen molar-refractivity contribution in [3.8, 4) is 0 Å². The highest BCUT2D eigenvalue weighted by molar-refractivity contribution is 7.89. The number of hydrogen-bond acceptors (Lipinski definition) is 4. The van der Waals surface area contributed by atoms with Gasteiger partial charge in [-0.25, -0.2) is 13.4 Å². The minimum atomic E-state index is -4.64. The first kappa shape index (κ1) is 24.2. The first-order chi connectivity index (χ1) is 16.0. The Bertz CT molecular complexity index is 1310. The number of carbonyl (C=O) groups excluding carboxylic acids is 1. The van der Waals surface area contributed by atoms with Crippen molar-refractivity contribution in [3.63, 3.8) is 0 Å². The van der Waals surface area contributed by atoms with Crippen LogP contribution in [-0.2, 0) is 23.2 Å². The molecule has 2 heterocycles. The van der Waals surface area contributed by atoms with Gasteiger partial charge in [0.25, 0.3) is 15.9 Å². The summed E-state index contributed by atoms with van der Waals surface area (Å²) in [6, 6.07) is 11.2. The maximum Gasteiger partial charge on any atom is 0.417 e. The second kappa shape index (κ2) is 9.05. The lowest BCUT2D eigenvalue weighted by molar-refractivity contribution is -0.137. The zero-order valence-corrected chi connectivity index (χ0v) is 19.4. The molecule has 4 rings (SSSR count). The van der Waals surface area contributed by atoms with Crippen LogP contribution in [0.5, 0.6) is 0 Å². The van der Waals surface area contributed by atoms with Crippen LogP contribution in [-0.4, -0.2) is 47.3 Å². The van der Waals surface area contributed by atoms with E-state index in [0.29, 0.717) is 0 Å². The van der Waals surface area contributed by atoms with Gasteiger partial charge < -0.3 is 9.88 Å². The number of aromatic nitrogens is 2. The summed E-state index contributed by atoms with van der Waals surface area (Å²) in [4.78, 5) is 16.8. The Balaban J connectivity index is 1.61. The van der Waals surface area contributed by atoms with Gasteiger partial charge in [0.2, 0.25) is 0 Å². The molecule has 0 aliphatic carbocycles. The number of nitrogens with zero attached hydrogens (tertiary/aromatic N) is 3. The number of carbonyl (C=O) groups is 1. The number of benzene rings is 2. The molecule has 1 saturated heterocycles. The summed E-state index contributed by atoms with van der Waals surface area (Å²) in [6.45, 7) is 0.0697. The van der Waals surface area contributed by atoms with E-state index in [9.17, 15) is 26.4 Å². The third-order valence-electron chi connectivity index (χ3n) is 5.65. The number of sulfonamides is 1. The predicted molar refractivity (Wildman–Crippen MR) is 119 cm³/mol. The molecule has 1 amide bonds. The largest absolute Gasteiger partial charge is 0.417 e. The molecule has 3 aromatic rings. The highest BCUT2D eigenvalue weighted by Crippen LogP contribution is 2.35. The molecule has 2 atom stereocenters. The molecule has 12 heteroatoms. The maximum absolute atomic E-state index is 13.1. The molecule has 1 aromatic heterocycles. The Morgan fingerprint density at radius 3 is 2.44 bits per heavy atom. The molecule has 2 aromatic carbocycles. The monoisotopic (exact) mass is 512 g/mol.